The summed E-state index contributed by atoms with van der Waals surface area (Å²) in [5.74, 6) is 2.87. The Hall–Kier alpha value is -0.530. The van der Waals surface area contributed by atoms with Gasteiger partial charge in [0.15, 0.2) is 0 Å². The summed E-state index contributed by atoms with van der Waals surface area (Å²) in [5.41, 5.74) is -0.175. The van der Waals surface area contributed by atoms with Crippen molar-refractivity contribution in [2.24, 2.45) is 28.6 Å². The topological polar surface area (TPSA) is 26.3 Å². The molecule has 0 unspecified atom stereocenters. The minimum Gasteiger partial charge on any atom is -0.459 e. The van der Waals surface area contributed by atoms with Crippen molar-refractivity contribution < 1.29 is 9.53 Å². The van der Waals surface area contributed by atoms with E-state index in [9.17, 15) is 4.79 Å². The zero-order chi connectivity index (χ0) is 16.9. The highest BCUT2D eigenvalue weighted by atomic mass is 16.6. The average Bonchev–Trinajstić information content (AvgIpc) is 2.43. The van der Waals surface area contributed by atoms with E-state index in [0.717, 1.165) is 37.0 Å². The summed E-state index contributed by atoms with van der Waals surface area (Å²) in [7, 11) is 0. The first-order valence-corrected chi connectivity index (χ1v) is 9.93. The highest BCUT2D eigenvalue weighted by Gasteiger charge is 2.54. The Labute approximate surface area is 142 Å². The summed E-state index contributed by atoms with van der Waals surface area (Å²) in [6.45, 7) is 10.3. The summed E-state index contributed by atoms with van der Waals surface area (Å²) in [5, 5.41) is 0. The first kappa shape index (κ1) is 17.3. The summed E-state index contributed by atoms with van der Waals surface area (Å²) >= 11 is 0. The summed E-state index contributed by atoms with van der Waals surface area (Å²) in [6.07, 6.45) is 11.6. The van der Waals surface area contributed by atoms with Gasteiger partial charge in [0.1, 0.15) is 5.60 Å². The van der Waals surface area contributed by atoms with Crippen molar-refractivity contribution in [1.29, 1.82) is 0 Å². The molecular formula is C21H36O2. The molecule has 4 fully saturated rings. The van der Waals surface area contributed by atoms with Crippen LogP contribution < -0.4 is 0 Å². The molecule has 4 bridgehead atoms. The Morgan fingerprint density at radius 2 is 1.39 bits per heavy atom. The molecule has 0 aromatic heterocycles. The SMILES string of the molecule is CCC(CC)(CC12CC3CC(CC(C3)C1)C2)OC(=O)C(C)(C)C. The second kappa shape index (κ2) is 5.77. The summed E-state index contributed by atoms with van der Waals surface area (Å²) < 4.78 is 6.20. The van der Waals surface area contributed by atoms with Gasteiger partial charge in [0.05, 0.1) is 5.41 Å². The van der Waals surface area contributed by atoms with Crippen LogP contribution in [0.15, 0.2) is 0 Å². The Morgan fingerprint density at radius 1 is 0.957 bits per heavy atom. The third-order valence-corrected chi connectivity index (χ3v) is 7.07. The second-order valence-electron chi connectivity index (χ2n) is 10.1. The van der Waals surface area contributed by atoms with Gasteiger partial charge in [-0.25, -0.2) is 0 Å². The van der Waals surface area contributed by atoms with Crippen molar-refractivity contribution in [3.8, 4) is 0 Å². The van der Waals surface area contributed by atoms with Gasteiger partial charge in [-0.3, -0.25) is 4.79 Å². The Morgan fingerprint density at radius 3 is 1.74 bits per heavy atom. The van der Waals surface area contributed by atoms with E-state index in [0.29, 0.717) is 5.41 Å². The lowest BCUT2D eigenvalue weighted by molar-refractivity contribution is -0.180. The molecule has 4 aliphatic carbocycles. The summed E-state index contributed by atoms with van der Waals surface area (Å²) in [4.78, 5) is 12.6. The molecule has 4 aliphatic rings. The van der Waals surface area contributed by atoms with Crippen molar-refractivity contribution in [3.05, 3.63) is 0 Å². The normalized spacial score (nSPS) is 36.3. The van der Waals surface area contributed by atoms with Gasteiger partial charge in [-0.15, -0.1) is 0 Å². The minimum absolute atomic E-state index is 0.0223. The molecule has 0 spiro atoms. The maximum absolute atomic E-state index is 12.6. The lowest BCUT2D eigenvalue weighted by atomic mass is 9.47. The zero-order valence-electron chi connectivity index (χ0n) is 15.9. The molecule has 0 heterocycles. The van der Waals surface area contributed by atoms with E-state index in [-0.39, 0.29) is 11.6 Å². The lowest BCUT2D eigenvalue weighted by Gasteiger charge is -2.59. The van der Waals surface area contributed by atoms with Crippen LogP contribution in [0.1, 0.15) is 92.4 Å². The van der Waals surface area contributed by atoms with Crippen molar-refractivity contribution in [2.45, 2.75) is 98.0 Å². The molecule has 0 aliphatic heterocycles. The lowest BCUT2D eigenvalue weighted by Crippen LogP contribution is -2.51. The fourth-order valence-electron chi connectivity index (χ4n) is 6.22. The van der Waals surface area contributed by atoms with Crippen molar-refractivity contribution in [1.82, 2.24) is 0 Å². The van der Waals surface area contributed by atoms with Crippen LogP contribution in [-0.2, 0) is 9.53 Å². The van der Waals surface area contributed by atoms with E-state index in [1.165, 1.54) is 38.5 Å². The smallest absolute Gasteiger partial charge is 0.311 e. The highest BCUT2D eigenvalue weighted by molar-refractivity contribution is 5.75. The number of carbonyl (C=O) groups is 1. The molecule has 0 aromatic rings. The van der Waals surface area contributed by atoms with Gasteiger partial charge in [-0.2, -0.15) is 0 Å². The molecule has 0 saturated heterocycles. The molecule has 0 aromatic carbocycles. The fourth-order valence-corrected chi connectivity index (χ4v) is 6.22. The number of carbonyl (C=O) groups excluding carboxylic acids is 1. The molecule has 4 rings (SSSR count). The van der Waals surface area contributed by atoms with Crippen LogP contribution in [0, 0.1) is 28.6 Å². The maximum atomic E-state index is 12.6. The van der Waals surface area contributed by atoms with Crippen LogP contribution in [0.2, 0.25) is 0 Å². The molecule has 0 amide bonds. The van der Waals surface area contributed by atoms with Crippen LogP contribution >= 0.6 is 0 Å². The van der Waals surface area contributed by atoms with E-state index in [2.05, 4.69) is 13.8 Å². The fraction of sp³-hybridized carbons (Fsp3) is 0.952. The average molecular weight is 321 g/mol. The molecule has 23 heavy (non-hydrogen) atoms. The van der Waals surface area contributed by atoms with Gasteiger partial charge < -0.3 is 4.74 Å². The molecular weight excluding hydrogens is 284 g/mol. The molecule has 2 heteroatoms. The summed E-state index contributed by atoms with van der Waals surface area (Å²) in [6, 6.07) is 0. The van der Waals surface area contributed by atoms with Crippen LogP contribution in [0.4, 0.5) is 0 Å². The highest BCUT2D eigenvalue weighted by Crippen LogP contribution is 2.63. The third kappa shape index (κ3) is 3.33. The largest absolute Gasteiger partial charge is 0.459 e. The first-order valence-electron chi connectivity index (χ1n) is 9.93. The van der Waals surface area contributed by atoms with E-state index in [4.69, 9.17) is 4.74 Å². The molecule has 132 valence electrons. The molecule has 0 radical (unpaired) electrons. The Kier molecular flexibility index (Phi) is 4.34. The predicted octanol–water partition coefficient (Wildman–Crippen LogP) is 5.74. The van der Waals surface area contributed by atoms with Gasteiger partial charge in [-0.05, 0) is 102 Å². The van der Waals surface area contributed by atoms with Crippen LogP contribution in [-0.4, -0.2) is 11.6 Å². The monoisotopic (exact) mass is 320 g/mol. The van der Waals surface area contributed by atoms with Crippen molar-refractivity contribution in [3.63, 3.8) is 0 Å². The molecule has 0 N–H and O–H groups in total. The number of hydrogen-bond acceptors (Lipinski definition) is 2. The molecule has 0 atom stereocenters. The number of ether oxygens (including phenoxy) is 1. The molecule has 4 saturated carbocycles. The first-order chi connectivity index (χ1) is 10.7. The molecule has 2 nitrogen and oxygen atoms in total. The van der Waals surface area contributed by atoms with E-state index < -0.39 is 5.41 Å². The van der Waals surface area contributed by atoms with Crippen LogP contribution in [0.25, 0.3) is 0 Å². The standard InChI is InChI=1S/C21H36O2/c1-6-21(7-2,23-18(22)19(3,4)5)14-20-11-15-8-16(12-20)10-17(9-15)13-20/h15-17H,6-14H2,1-5H3. The van der Waals surface area contributed by atoms with E-state index in [1.54, 1.807) is 0 Å². The van der Waals surface area contributed by atoms with Gasteiger partial charge >= 0.3 is 5.97 Å². The van der Waals surface area contributed by atoms with Crippen LogP contribution in [0.5, 0.6) is 0 Å². The van der Waals surface area contributed by atoms with Gasteiger partial charge in [-0.1, -0.05) is 13.8 Å². The van der Waals surface area contributed by atoms with E-state index >= 15 is 0 Å². The zero-order valence-corrected chi connectivity index (χ0v) is 15.9. The quantitative estimate of drug-likeness (QED) is 0.604. The Bertz CT molecular complexity index is 418. The number of hydrogen-bond donors (Lipinski definition) is 0. The Balaban J connectivity index is 1.78. The van der Waals surface area contributed by atoms with Gasteiger partial charge in [0.25, 0.3) is 0 Å². The van der Waals surface area contributed by atoms with Crippen molar-refractivity contribution in [2.75, 3.05) is 0 Å². The van der Waals surface area contributed by atoms with Gasteiger partial charge in [0.2, 0.25) is 0 Å². The van der Waals surface area contributed by atoms with E-state index in [1.807, 2.05) is 20.8 Å². The number of esters is 1. The van der Waals surface area contributed by atoms with Gasteiger partial charge in [0, 0.05) is 0 Å². The maximum Gasteiger partial charge on any atom is 0.311 e. The van der Waals surface area contributed by atoms with Crippen LogP contribution in [0.3, 0.4) is 0 Å². The minimum atomic E-state index is -0.406. The predicted molar refractivity (Wildman–Crippen MR) is 94.1 cm³/mol. The van der Waals surface area contributed by atoms with Crippen molar-refractivity contribution >= 4 is 5.97 Å². The second-order valence-corrected chi connectivity index (χ2v) is 10.1. The third-order valence-electron chi connectivity index (χ3n) is 7.07. The number of rotatable bonds is 5.